The van der Waals surface area contributed by atoms with E-state index in [2.05, 4.69) is 16.7 Å². The highest BCUT2D eigenvalue weighted by Gasteiger charge is 2.15. The van der Waals surface area contributed by atoms with E-state index in [4.69, 9.17) is 0 Å². The molecule has 6 heteroatoms. The quantitative estimate of drug-likeness (QED) is 0.433. The number of nitrogens with zero attached hydrogens (tertiary/aromatic N) is 3. The Morgan fingerprint density at radius 3 is 2.52 bits per heavy atom. The molecule has 0 aliphatic heterocycles. The number of benzene rings is 2. The van der Waals surface area contributed by atoms with E-state index in [1.54, 1.807) is 29.8 Å². The first-order chi connectivity index (χ1) is 14.0. The Bertz CT molecular complexity index is 1040. The van der Waals surface area contributed by atoms with E-state index >= 15 is 0 Å². The molecule has 0 atom stereocenters. The van der Waals surface area contributed by atoms with Crippen LogP contribution in [0.2, 0.25) is 0 Å². The number of hydrogen-bond donors (Lipinski definition) is 1. The molecule has 6 nitrogen and oxygen atoms in total. The third-order valence-corrected chi connectivity index (χ3v) is 4.65. The normalized spacial score (nSPS) is 10.7. The van der Waals surface area contributed by atoms with Crippen molar-refractivity contribution >= 4 is 11.8 Å². The van der Waals surface area contributed by atoms with E-state index in [0.717, 1.165) is 23.4 Å². The lowest BCUT2D eigenvalue weighted by molar-refractivity contribution is 0.0697. The average Bonchev–Trinajstić information content (AvgIpc) is 3.14. The number of rotatable bonds is 9. The molecule has 1 aromatic heterocycles. The van der Waals surface area contributed by atoms with Crippen molar-refractivity contribution in [1.82, 2.24) is 14.8 Å². The minimum absolute atomic E-state index is 0.0794. The molecule has 29 heavy (non-hydrogen) atoms. The Morgan fingerprint density at radius 1 is 1.14 bits per heavy atom. The zero-order chi connectivity index (χ0) is 20.8. The molecule has 0 fully saturated rings. The van der Waals surface area contributed by atoms with E-state index in [1.165, 1.54) is 0 Å². The summed E-state index contributed by atoms with van der Waals surface area (Å²) in [6, 6.07) is 14.6. The molecule has 0 saturated carbocycles. The fraction of sp³-hybridized carbons (Fsp3) is 0.217. The van der Waals surface area contributed by atoms with E-state index in [-0.39, 0.29) is 17.2 Å². The molecule has 0 aliphatic rings. The van der Waals surface area contributed by atoms with Gasteiger partial charge in [0.15, 0.2) is 0 Å². The van der Waals surface area contributed by atoms with Gasteiger partial charge in [0.1, 0.15) is 5.82 Å². The molecule has 0 saturated heterocycles. The van der Waals surface area contributed by atoms with Gasteiger partial charge in [0, 0.05) is 12.8 Å². The van der Waals surface area contributed by atoms with Gasteiger partial charge in [0.25, 0.3) is 0 Å². The SMILES string of the molecule is C=CCCc1nc(C(=O)CC)nn1Cc1ccc(-c2ccccc2C(=O)O)cc1. The number of aromatic nitrogens is 3. The number of carboxylic acid groups (broad SMARTS) is 1. The zero-order valence-electron chi connectivity index (χ0n) is 16.3. The van der Waals surface area contributed by atoms with Crippen LogP contribution in [0.25, 0.3) is 11.1 Å². The summed E-state index contributed by atoms with van der Waals surface area (Å²) >= 11 is 0. The van der Waals surface area contributed by atoms with Crippen molar-refractivity contribution < 1.29 is 14.7 Å². The maximum Gasteiger partial charge on any atom is 0.336 e. The maximum absolute atomic E-state index is 12.0. The van der Waals surface area contributed by atoms with Gasteiger partial charge >= 0.3 is 5.97 Å². The minimum atomic E-state index is -0.952. The van der Waals surface area contributed by atoms with Crippen LogP contribution in [0.4, 0.5) is 0 Å². The highest BCUT2D eigenvalue weighted by molar-refractivity contribution is 5.96. The molecule has 3 aromatic rings. The molecule has 2 aromatic carbocycles. The van der Waals surface area contributed by atoms with Crippen LogP contribution in [-0.4, -0.2) is 31.6 Å². The molecule has 1 N–H and O–H groups in total. The largest absolute Gasteiger partial charge is 0.478 e. The zero-order valence-corrected chi connectivity index (χ0v) is 16.3. The highest BCUT2D eigenvalue weighted by Crippen LogP contribution is 2.24. The van der Waals surface area contributed by atoms with E-state index in [9.17, 15) is 14.7 Å². The monoisotopic (exact) mass is 389 g/mol. The fourth-order valence-electron chi connectivity index (χ4n) is 3.08. The number of carbonyl (C=O) groups is 2. The van der Waals surface area contributed by atoms with Gasteiger partial charge in [-0.3, -0.25) is 4.79 Å². The number of Topliss-reactive ketones (excluding diaryl/α,β-unsaturated/α-hetero) is 1. The van der Waals surface area contributed by atoms with Crippen LogP contribution >= 0.6 is 0 Å². The first-order valence-electron chi connectivity index (χ1n) is 9.53. The number of carboxylic acids is 1. The average molecular weight is 389 g/mol. The smallest absolute Gasteiger partial charge is 0.336 e. The number of ketones is 1. The molecular weight excluding hydrogens is 366 g/mol. The Balaban J connectivity index is 1.86. The van der Waals surface area contributed by atoms with Crippen molar-refractivity contribution in [2.24, 2.45) is 0 Å². The molecular formula is C23H23N3O3. The lowest BCUT2D eigenvalue weighted by Crippen LogP contribution is -2.07. The van der Waals surface area contributed by atoms with Crippen molar-refractivity contribution in [2.45, 2.75) is 32.7 Å². The summed E-state index contributed by atoms with van der Waals surface area (Å²) in [6.07, 6.45) is 3.60. The third kappa shape index (κ3) is 4.66. The maximum atomic E-state index is 12.0. The van der Waals surface area contributed by atoms with Crippen LogP contribution in [0.3, 0.4) is 0 Å². The van der Waals surface area contributed by atoms with E-state index < -0.39 is 5.97 Å². The van der Waals surface area contributed by atoms with Crippen LogP contribution in [0, 0.1) is 0 Å². The van der Waals surface area contributed by atoms with E-state index in [1.807, 2.05) is 36.4 Å². The first kappa shape index (κ1) is 20.2. The summed E-state index contributed by atoms with van der Waals surface area (Å²) in [5, 5.41) is 13.8. The molecule has 0 spiro atoms. The summed E-state index contributed by atoms with van der Waals surface area (Å²) in [5.74, 6) is -0.0305. The minimum Gasteiger partial charge on any atom is -0.478 e. The van der Waals surface area contributed by atoms with Crippen LogP contribution in [-0.2, 0) is 13.0 Å². The second-order valence-corrected chi connectivity index (χ2v) is 6.66. The number of aromatic carboxylic acids is 1. The molecule has 3 rings (SSSR count). The van der Waals surface area contributed by atoms with Gasteiger partial charge in [0.2, 0.25) is 11.6 Å². The van der Waals surface area contributed by atoms with Gasteiger partial charge in [-0.15, -0.1) is 11.7 Å². The molecule has 0 amide bonds. The molecule has 148 valence electrons. The number of carbonyl (C=O) groups excluding carboxylic acids is 1. The van der Waals surface area contributed by atoms with Gasteiger partial charge in [-0.25, -0.2) is 14.5 Å². The van der Waals surface area contributed by atoms with Crippen molar-refractivity contribution in [3.8, 4) is 11.1 Å². The summed E-state index contributed by atoms with van der Waals surface area (Å²) < 4.78 is 1.76. The Labute approximate surface area is 169 Å². The second-order valence-electron chi connectivity index (χ2n) is 6.66. The summed E-state index contributed by atoms with van der Waals surface area (Å²) in [7, 11) is 0. The Hall–Kier alpha value is -3.54. The lowest BCUT2D eigenvalue weighted by atomic mass is 9.99. The van der Waals surface area contributed by atoms with Crippen LogP contribution in [0.1, 0.15) is 52.1 Å². The number of allylic oxidation sites excluding steroid dienone is 1. The van der Waals surface area contributed by atoms with Gasteiger partial charge in [0.05, 0.1) is 12.1 Å². The van der Waals surface area contributed by atoms with Crippen molar-refractivity contribution in [3.63, 3.8) is 0 Å². The predicted octanol–water partition coefficient (Wildman–Crippen LogP) is 4.40. The van der Waals surface area contributed by atoms with Gasteiger partial charge in [-0.2, -0.15) is 0 Å². The molecule has 0 bridgehead atoms. The van der Waals surface area contributed by atoms with Crippen molar-refractivity contribution in [3.05, 3.63) is 84.0 Å². The topological polar surface area (TPSA) is 85.1 Å². The van der Waals surface area contributed by atoms with Crippen LogP contribution in [0.5, 0.6) is 0 Å². The molecule has 0 unspecified atom stereocenters. The Morgan fingerprint density at radius 2 is 1.86 bits per heavy atom. The van der Waals surface area contributed by atoms with Crippen molar-refractivity contribution in [1.29, 1.82) is 0 Å². The van der Waals surface area contributed by atoms with E-state index in [0.29, 0.717) is 24.9 Å². The van der Waals surface area contributed by atoms with Crippen molar-refractivity contribution in [2.75, 3.05) is 0 Å². The summed E-state index contributed by atoms with van der Waals surface area (Å²) in [4.78, 5) is 27.8. The summed E-state index contributed by atoms with van der Waals surface area (Å²) in [5.41, 5.74) is 2.77. The predicted molar refractivity (Wildman–Crippen MR) is 111 cm³/mol. The second kappa shape index (κ2) is 9.10. The number of hydrogen-bond acceptors (Lipinski definition) is 4. The first-order valence-corrected chi connectivity index (χ1v) is 9.53. The lowest BCUT2D eigenvalue weighted by Gasteiger charge is -2.09. The molecule has 0 aliphatic carbocycles. The summed E-state index contributed by atoms with van der Waals surface area (Å²) in [6.45, 7) is 6.01. The van der Waals surface area contributed by atoms with Crippen LogP contribution in [0.15, 0.2) is 61.2 Å². The highest BCUT2D eigenvalue weighted by atomic mass is 16.4. The van der Waals surface area contributed by atoms with Crippen LogP contribution < -0.4 is 0 Å². The Kier molecular flexibility index (Phi) is 6.34. The molecule has 1 heterocycles. The fourth-order valence-corrected chi connectivity index (χ4v) is 3.08. The van der Waals surface area contributed by atoms with Gasteiger partial charge < -0.3 is 5.11 Å². The third-order valence-electron chi connectivity index (χ3n) is 4.65. The number of aryl methyl sites for hydroxylation is 1. The van der Waals surface area contributed by atoms with Gasteiger partial charge in [-0.05, 0) is 29.2 Å². The van der Waals surface area contributed by atoms with Gasteiger partial charge in [-0.1, -0.05) is 55.5 Å². The standard InChI is InChI=1S/C23H23N3O3/c1-3-5-10-21-24-22(20(27)4-2)25-26(21)15-16-11-13-17(14-12-16)18-8-6-7-9-19(18)23(28)29/h3,6-9,11-14H,1,4-5,10,15H2,2H3,(H,28,29). The molecule has 0 radical (unpaired) electrons.